The second kappa shape index (κ2) is 7.08. The van der Waals surface area contributed by atoms with Gasteiger partial charge in [-0.25, -0.2) is 4.99 Å². The Labute approximate surface area is 176 Å². The third-order valence-electron chi connectivity index (χ3n) is 4.20. The van der Waals surface area contributed by atoms with Crippen molar-refractivity contribution in [3.63, 3.8) is 0 Å². The Hall–Kier alpha value is -2.62. The summed E-state index contributed by atoms with van der Waals surface area (Å²) in [5.74, 6) is -1.19. The van der Waals surface area contributed by atoms with Gasteiger partial charge in [0, 0.05) is 15.3 Å². The van der Waals surface area contributed by atoms with E-state index in [1.54, 1.807) is 30.3 Å². The van der Waals surface area contributed by atoms with Crippen molar-refractivity contribution >= 4 is 56.9 Å². The van der Waals surface area contributed by atoms with Gasteiger partial charge in [0.2, 0.25) is 5.88 Å². The fourth-order valence-corrected chi connectivity index (χ4v) is 4.43. The normalized spacial score (nSPS) is 12.6. The monoisotopic (exact) mass is 473 g/mol. The van der Waals surface area contributed by atoms with Crippen LogP contribution in [-0.4, -0.2) is 21.6 Å². The molecule has 2 heterocycles. The molecule has 0 atom stereocenters. The van der Waals surface area contributed by atoms with Gasteiger partial charge in [0.15, 0.2) is 3.95 Å². The van der Waals surface area contributed by atoms with Crippen LogP contribution in [0.4, 0.5) is 0 Å². The summed E-state index contributed by atoms with van der Waals surface area (Å²) >= 11 is 9.70. The van der Waals surface area contributed by atoms with E-state index in [2.05, 4.69) is 26.3 Å². The molecule has 140 valence electrons. The van der Waals surface area contributed by atoms with Crippen molar-refractivity contribution in [3.8, 4) is 5.88 Å². The number of aromatic nitrogens is 1. The van der Waals surface area contributed by atoms with E-state index in [0.29, 0.717) is 16.1 Å². The van der Waals surface area contributed by atoms with Gasteiger partial charge in [0.25, 0.3) is 11.8 Å². The zero-order valence-corrected chi connectivity index (χ0v) is 17.6. The predicted molar refractivity (Wildman–Crippen MR) is 112 cm³/mol. The minimum Gasteiger partial charge on any atom is -0.492 e. The number of hydrogen-bond donors (Lipinski definition) is 2. The maximum absolute atomic E-state index is 12.5. The third kappa shape index (κ3) is 3.21. The Kier molecular flexibility index (Phi) is 4.74. The number of thiazole rings is 1. The van der Waals surface area contributed by atoms with E-state index in [0.717, 1.165) is 26.0 Å². The Morgan fingerprint density at radius 2 is 1.96 bits per heavy atom. The quantitative estimate of drug-likeness (QED) is 0.572. The first-order valence-corrected chi connectivity index (χ1v) is 10.1. The summed E-state index contributed by atoms with van der Waals surface area (Å²) in [5, 5.41) is 11.8. The number of halogens is 1. The molecule has 0 saturated carbocycles. The largest absolute Gasteiger partial charge is 0.492 e. The molecule has 0 unspecified atom stereocenters. The smallest absolute Gasteiger partial charge is 0.279 e. The summed E-state index contributed by atoms with van der Waals surface area (Å²) < 4.78 is 2.09. The van der Waals surface area contributed by atoms with Crippen molar-refractivity contribution in [2.75, 3.05) is 5.43 Å². The predicted octanol–water partition coefficient (Wildman–Crippen LogP) is 2.80. The van der Waals surface area contributed by atoms with E-state index in [-0.39, 0.29) is 20.3 Å². The highest BCUT2D eigenvalue weighted by Crippen LogP contribution is 2.32. The number of fused-ring (bicyclic) bond motifs is 1. The lowest BCUT2D eigenvalue weighted by Gasteiger charge is -2.08. The molecule has 1 aliphatic heterocycles. The summed E-state index contributed by atoms with van der Waals surface area (Å²) in [6.45, 7) is 1.92. The molecule has 1 aliphatic rings. The molecule has 0 aliphatic carbocycles. The number of amides is 2. The highest BCUT2D eigenvalue weighted by atomic mass is 79.9. The Morgan fingerprint density at radius 1 is 1.25 bits per heavy atom. The van der Waals surface area contributed by atoms with Crippen LogP contribution < -0.4 is 16.0 Å². The topological polar surface area (TPSA) is 83.7 Å². The minimum absolute atomic E-state index is 0.205. The van der Waals surface area contributed by atoms with E-state index in [4.69, 9.17) is 12.2 Å². The van der Waals surface area contributed by atoms with Crippen molar-refractivity contribution in [2.24, 2.45) is 4.99 Å². The number of hydrogen-bond acceptors (Lipinski definition) is 5. The summed E-state index contributed by atoms with van der Waals surface area (Å²) in [5.41, 5.74) is 4.29. The molecule has 9 heteroatoms. The number of benzene rings is 2. The second-order valence-electron chi connectivity index (χ2n) is 6.12. The van der Waals surface area contributed by atoms with Gasteiger partial charge in [-0.3, -0.25) is 15.0 Å². The number of rotatable bonds is 3. The van der Waals surface area contributed by atoms with E-state index in [1.807, 2.05) is 19.1 Å². The minimum atomic E-state index is -0.461. The summed E-state index contributed by atoms with van der Waals surface area (Å²) in [7, 11) is 0. The number of aryl methyl sites for hydroxylation is 1. The molecule has 2 aromatic carbocycles. The fourth-order valence-electron chi connectivity index (χ4n) is 2.81. The average molecular weight is 474 g/mol. The van der Waals surface area contributed by atoms with Crippen molar-refractivity contribution in [1.29, 1.82) is 0 Å². The van der Waals surface area contributed by atoms with E-state index >= 15 is 0 Å². The van der Waals surface area contributed by atoms with Gasteiger partial charge in [0.1, 0.15) is 4.88 Å². The van der Waals surface area contributed by atoms with Crippen LogP contribution in [0.3, 0.4) is 0 Å². The summed E-state index contributed by atoms with van der Waals surface area (Å²) in [6, 6.07) is 12.3. The first-order valence-electron chi connectivity index (χ1n) is 8.11. The summed E-state index contributed by atoms with van der Waals surface area (Å²) in [6.07, 6.45) is 0. The molecule has 2 N–H and O–H groups in total. The van der Waals surface area contributed by atoms with Crippen LogP contribution in [0.25, 0.3) is 5.57 Å². The van der Waals surface area contributed by atoms with Crippen LogP contribution in [0.5, 0.6) is 5.88 Å². The molecule has 6 nitrogen and oxygen atoms in total. The van der Waals surface area contributed by atoms with Crippen molar-refractivity contribution in [1.82, 2.24) is 4.68 Å². The van der Waals surface area contributed by atoms with Gasteiger partial charge in [-0.1, -0.05) is 45.0 Å². The molecule has 3 aromatic rings. The number of carbonyl (C=O) groups excluding carboxylic acids is 2. The average Bonchev–Trinajstić information content (AvgIpc) is 3.11. The van der Waals surface area contributed by atoms with E-state index in [9.17, 15) is 14.7 Å². The number of nitrogens with zero attached hydrogens (tertiary/aromatic N) is 2. The lowest BCUT2D eigenvalue weighted by Crippen LogP contribution is -2.23. The molecular weight excluding hydrogens is 462 g/mol. The zero-order valence-electron chi connectivity index (χ0n) is 14.4. The maximum atomic E-state index is 12.5. The maximum Gasteiger partial charge on any atom is 0.279 e. The van der Waals surface area contributed by atoms with Crippen molar-refractivity contribution < 1.29 is 14.7 Å². The standard InChI is InChI=1S/C19H12BrN3O3S2/c1-9-2-4-10(5-3-9)16(24)22-23-18(26)15(28-19(23)27)14-12-8-11(20)6-7-13(12)21-17(14)25/h2-8,26H,1H3,(H,22,24). The highest BCUT2D eigenvalue weighted by molar-refractivity contribution is 9.10. The molecule has 28 heavy (non-hydrogen) atoms. The second-order valence-corrected chi connectivity index (χ2v) is 8.68. The molecule has 0 radical (unpaired) electrons. The lowest BCUT2D eigenvalue weighted by molar-refractivity contribution is -0.112. The lowest BCUT2D eigenvalue weighted by atomic mass is 10.1. The molecule has 0 fully saturated rings. The Balaban J connectivity index is 1.79. The van der Waals surface area contributed by atoms with Gasteiger partial charge in [0.05, 0.1) is 10.9 Å². The molecule has 0 saturated heterocycles. The number of aromatic hydroxyl groups is 1. The fraction of sp³-hybridized carbons (Fsp3) is 0.0526. The highest BCUT2D eigenvalue weighted by Gasteiger charge is 2.26. The molecule has 4 rings (SSSR count). The van der Waals surface area contributed by atoms with E-state index in [1.165, 1.54) is 0 Å². The van der Waals surface area contributed by atoms with Crippen LogP contribution in [0.1, 0.15) is 20.8 Å². The van der Waals surface area contributed by atoms with Crippen LogP contribution in [0.2, 0.25) is 0 Å². The molecule has 1 aromatic heterocycles. The van der Waals surface area contributed by atoms with Crippen molar-refractivity contribution in [3.05, 3.63) is 77.5 Å². The van der Waals surface area contributed by atoms with Gasteiger partial charge in [-0.2, -0.15) is 4.68 Å². The van der Waals surface area contributed by atoms with Crippen LogP contribution >= 0.6 is 39.5 Å². The van der Waals surface area contributed by atoms with Gasteiger partial charge < -0.3 is 5.11 Å². The Bertz CT molecular complexity index is 1320. The van der Waals surface area contributed by atoms with Gasteiger partial charge in [-0.15, -0.1) is 0 Å². The summed E-state index contributed by atoms with van der Waals surface area (Å²) in [4.78, 5) is 29.2. The number of carbonyl (C=O) groups is 2. The third-order valence-corrected chi connectivity index (χ3v) is 6.08. The van der Waals surface area contributed by atoms with Crippen LogP contribution in [0.15, 0.2) is 51.9 Å². The van der Waals surface area contributed by atoms with Crippen LogP contribution in [-0.2, 0) is 4.79 Å². The molecular formula is C19H12BrN3O3S2. The molecule has 0 bridgehead atoms. The zero-order chi connectivity index (χ0) is 20.0. The van der Waals surface area contributed by atoms with Gasteiger partial charge >= 0.3 is 0 Å². The molecule has 0 spiro atoms. The first-order chi connectivity index (χ1) is 13.3. The van der Waals surface area contributed by atoms with Crippen molar-refractivity contribution in [2.45, 2.75) is 6.92 Å². The van der Waals surface area contributed by atoms with Crippen LogP contribution in [0, 0.1) is 10.9 Å². The first kappa shape index (κ1) is 18.7. The van der Waals surface area contributed by atoms with Gasteiger partial charge in [-0.05, 0) is 49.5 Å². The SMILES string of the molecule is Cc1ccc(C(=O)Nn2c(O)c(C3=c4cc(Br)ccc4=NC3=O)sc2=S)cc1. The molecule has 2 amide bonds. The number of nitrogens with one attached hydrogen (secondary N) is 1. The van der Waals surface area contributed by atoms with E-state index < -0.39 is 11.8 Å². The Morgan fingerprint density at radius 3 is 2.68 bits per heavy atom.